The summed E-state index contributed by atoms with van der Waals surface area (Å²) in [6, 6.07) is -0.0315. The van der Waals surface area contributed by atoms with E-state index in [9.17, 15) is 8.42 Å². The predicted octanol–water partition coefficient (Wildman–Crippen LogP) is 1.91. The second kappa shape index (κ2) is 5.65. The lowest BCUT2D eigenvalue weighted by Gasteiger charge is -2.34. The molecule has 2 fully saturated rings. The second-order valence-corrected chi connectivity index (χ2v) is 7.88. The van der Waals surface area contributed by atoms with Crippen molar-refractivity contribution in [1.82, 2.24) is 8.61 Å². The number of piperidine rings is 1. The van der Waals surface area contributed by atoms with Crippen LogP contribution in [0.25, 0.3) is 0 Å². The largest absolute Gasteiger partial charge is 0.282 e. The summed E-state index contributed by atoms with van der Waals surface area (Å²) in [5, 5.41) is 0. The fourth-order valence-electron chi connectivity index (χ4n) is 2.85. The van der Waals surface area contributed by atoms with E-state index in [4.69, 9.17) is 11.6 Å². The zero-order valence-corrected chi connectivity index (χ0v) is 12.8. The maximum absolute atomic E-state index is 12.6. The third kappa shape index (κ3) is 2.69. The number of nitrogens with zero attached hydrogens (tertiary/aromatic N) is 2. The smallest absolute Gasteiger partial charge is 0.195 e. The van der Waals surface area contributed by atoms with Crippen LogP contribution in [0.5, 0.6) is 0 Å². The van der Waals surface area contributed by atoms with Gasteiger partial charge in [-0.15, -0.1) is 11.6 Å². The molecule has 2 saturated heterocycles. The van der Waals surface area contributed by atoms with Crippen molar-refractivity contribution in [3.8, 4) is 0 Å². The van der Waals surface area contributed by atoms with E-state index in [1.54, 1.807) is 8.61 Å². The average molecular weight is 295 g/mol. The second-order valence-electron chi connectivity index (χ2n) is 5.69. The van der Waals surface area contributed by atoms with Crippen molar-refractivity contribution in [2.75, 3.05) is 25.5 Å². The maximum Gasteiger partial charge on any atom is 0.282 e. The molecule has 18 heavy (non-hydrogen) atoms. The molecule has 0 aromatic rings. The fourth-order valence-corrected chi connectivity index (χ4v) is 5.33. The molecule has 4 nitrogen and oxygen atoms in total. The Morgan fingerprint density at radius 3 is 2.28 bits per heavy atom. The van der Waals surface area contributed by atoms with Gasteiger partial charge in [-0.05, 0) is 31.1 Å². The Hall–Kier alpha value is 0.160. The van der Waals surface area contributed by atoms with Gasteiger partial charge in [0, 0.05) is 31.6 Å². The molecule has 0 aromatic heterocycles. The molecule has 2 unspecified atom stereocenters. The minimum absolute atomic E-state index is 0.0315. The van der Waals surface area contributed by atoms with Gasteiger partial charge in [-0.3, -0.25) is 0 Å². The van der Waals surface area contributed by atoms with E-state index in [2.05, 4.69) is 13.8 Å². The molecule has 0 N–H and O–H groups in total. The van der Waals surface area contributed by atoms with E-state index in [1.807, 2.05) is 0 Å². The summed E-state index contributed by atoms with van der Waals surface area (Å²) < 4.78 is 28.5. The van der Waals surface area contributed by atoms with Crippen LogP contribution in [-0.2, 0) is 10.2 Å². The van der Waals surface area contributed by atoms with E-state index in [-0.39, 0.29) is 6.04 Å². The molecule has 0 radical (unpaired) electrons. The third-order valence-corrected chi connectivity index (χ3v) is 6.73. The van der Waals surface area contributed by atoms with Gasteiger partial charge >= 0.3 is 0 Å². The highest BCUT2D eigenvalue weighted by atomic mass is 35.5. The molecule has 2 atom stereocenters. The van der Waals surface area contributed by atoms with Crippen molar-refractivity contribution >= 4 is 21.8 Å². The van der Waals surface area contributed by atoms with Gasteiger partial charge in [-0.2, -0.15) is 17.0 Å². The summed E-state index contributed by atoms with van der Waals surface area (Å²) in [5.74, 6) is 1.39. The Balaban J connectivity index is 2.11. The molecule has 2 rings (SSSR count). The van der Waals surface area contributed by atoms with Crippen LogP contribution in [-0.4, -0.2) is 48.6 Å². The van der Waals surface area contributed by atoms with Crippen molar-refractivity contribution in [2.24, 2.45) is 11.8 Å². The normalized spacial score (nSPS) is 33.1. The first kappa shape index (κ1) is 14.6. The number of hydrogen-bond donors (Lipinski definition) is 0. The standard InChI is InChI=1S/C12H23ClN2O2S/c1-10-3-6-14(7-4-10)18(16,17)15-8-5-11(2)12(15)9-13/h10-12H,3-9H2,1-2H3. The topological polar surface area (TPSA) is 40.6 Å². The van der Waals surface area contributed by atoms with Crippen LogP contribution < -0.4 is 0 Å². The fraction of sp³-hybridized carbons (Fsp3) is 1.00. The lowest BCUT2D eigenvalue weighted by molar-refractivity contribution is 0.259. The number of halogens is 1. The van der Waals surface area contributed by atoms with Gasteiger partial charge in [0.2, 0.25) is 0 Å². The average Bonchev–Trinajstić information content (AvgIpc) is 2.71. The summed E-state index contributed by atoms with van der Waals surface area (Å²) in [5.41, 5.74) is 0. The highest BCUT2D eigenvalue weighted by molar-refractivity contribution is 7.86. The van der Waals surface area contributed by atoms with Crippen molar-refractivity contribution in [1.29, 1.82) is 0 Å². The van der Waals surface area contributed by atoms with Crippen LogP contribution in [0.3, 0.4) is 0 Å². The van der Waals surface area contributed by atoms with Crippen molar-refractivity contribution in [3.63, 3.8) is 0 Å². The van der Waals surface area contributed by atoms with Crippen LogP contribution in [0.15, 0.2) is 0 Å². The Labute approximate surface area is 115 Å². The minimum Gasteiger partial charge on any atom is -0.195 e. The number of hydrogen-bond acceptors (Lipinski definition) is 2. The summed E-state index contributed by atoms with van der Waals surface area (Å²) in [6.45, 7) is 6.20. The van der Waals surface area contributed by atoms with Gasteiger partial charge < -0.3 is 0 Å². The predicted molar refractivity (Wildman–Crippen MR) is 73.9 cm³/mol. The molecule has 0 aliphatic carbocycles. The molecule has 0 spiro atoms. The van der Waals surface area contributed by atoms with Crippen molar-refractivity contribution in [2.45, 2.75) is 39.2 Å². The van der Waals surface area contributed by atoms with E-state index < -0.39 is 10.2 Å². The highest BCUT2D eigenvalue weighted by Crippen LogP contribution is 2.30. The molecule has 0 saturated carbocycles. The summed E-state index contributed by atoms with van der Waals surface area (Å²) >= 11 is 5.94. The third-order valence-electron chi connectivity index (χ3n) is 4.35. The van der Waals surface area contributed by atoms with Gasteiger partial charge in [0.1, 0.15) is 0 Å². The molecule has 0 bridgehead atoms. The lowest BCUT2D eigenvalue weighted by atomic mass is 10.0. The van der Waals surface area contributed by atoms with E-state index in [0.717, 1.165) is 19.3 Å². The molecule has 6 heteroatoms. The van der Waals surface area contributed by atoms with E-state index in [1.165, 1.54) is 0 Å². The van der Waals surface area contributed by atoms with E-state index >= 15 is 0 Å². The zero-order chi connectivity index (χ0) is 13.3. The van der Waals surface area contributed by atoms with Gasteiger partial charge in [0.05, 0.1) is 0 Å². The Kier molecular flexibility index (Phi) is 4.57. The van der Waals surface area contributed by atoms with Crippen molar-refractivity contribution in [3.05, 3.63) is 0 Å². The molecule has 106 valence electrons. The summed E-state index contributed by atoms with van der Waals surface area (Å²) in [6.07, 6.45) is 2.85. The lowest BCUT2D eigenvalue weighted by Crippen LogP contribution is -2.49. The molecule has 2 heterocycles. The highest BCUT2D eigenvalue weighted by Gasteiger charge is 2.41. The number of rotatable bonds is 3. The number of alkyl halides is 1. The van der Waals surface area contributed by atoms with E-state index in [0.29, 0.717) is 37.4 Å². The first-order valence-electron chi connectivity index (χ1n) is 6.79. The van der Waals surface area contributed by atoms with Crippen LogP contribution in [0.2, 0.25) is 0 Å². The minimum atomic E-state index is -3.30. The Bertz CT molecular complexity index is 380. The maximum atomic E-state index is 12.6. The SMILES string of the molecule is CC1CCN(S(=O)(=O)N2CCC(C)C2CCl)CC1. The molecule has 0 aromatic carbocycles. The molecule has 2 aliphatic rings. The summed E-state index contributed by atoms with van der Waals surface area (Å²) in [7, 11) is -3.30. The van der Waals surface area contributed by atoms with Crippen LogP contribution in [0, 0.1) is 11.8 Å². The molecular weight excluding hydrogens is 272 g/mol. The quantitative estimate of drug-likeness (QED) is 0.746. The summed E-state index contributed by atoms with van der Waals surface area (Å²) in [4.78, 5) is 0. The zero-order valence-electron chi connectivity index (χ0n) is 11.2. The van der Waals surface area contributed by atoms with Gasteiger partial charge in [0.25, 0.3) is 10.2 Å². The van der Waals surface area contributed by atoms with Crippen LogP contribution in [0.4, 0.5) is 0 Å². The molecule has 0 amide bonds. The van der Waals surface area contributed by atoms with Gasteiger partial charge in [-0.25, -0.2) is 0 Å². The Morgan fingerprint density at radius 2 is 1.72 bits per heavy atom. The molecular formula is C12H23ClN2O2S. The van der Waals surface area contributed by atoms with Gasteiger partial charge in [0.15, 0.2) is 0 Å². The molecule has 2 aliphatic heterocycles. The van der Waals surface area contributed by atoms with Crippen LogP contribution in [0.1, 0.15) is 33.1 Å². The van der Waals surface area contributed by atoms with Crippen LogP contribution >= 0.6 is 11.6 Å². The first-order valence-corrected chi connectivity index (χ1v) is 8.73. The first-order chi connectivity index (χ1) is 8.46. The Morgan fingerprint density at radius 1 is 1.11 bits per heavy atom. The van der Waals surface area contributed by atoms with Crippen molar-refractivity contribution < 1.29 is 8.42 Å². The van der Waals surface area contributed by atoms with Gasteiger partial charge in [-0.1, -0.05) is 13.8 Å². The monoisotopic (exact) mass is 294 g/mol.